The lowest BCUT2D eigenvalue weighted by molar-refractivity contribution is 0.112. The molecule has 2 heteroatoms. The van der Waals surface area contributed by atoms with Gasteiger partial charge in [-0.2, -0.15) is 0 Å². The van der Waals surface area contributed by atoms with Gasteiger partial charge in [0.25, 0.3) is 0 Å². The predicted octanol–water partition coefficient (Wildman–Crippen LogP) is 3.55. The quantitative estimate of drug-likeness (QED) is 0.786. The third-order valence-electron chi connectivity index (χ3n) is 2.42. The van der Waals surface area contributed by atoms with Crippen LogP contribution in [0.5, 0.6) is 0 Å². The van der Waals surface area contributed by atoms with Gasteiger partial charge in [-0.25, -0.2) is 0 Å². The molecule has 0 amide bonds. The van der Waals surface area contributed by atoms with Crippen LogP contribution in [-0.2, 0) is 0 Å². The van der Waals surface area contributed by atoms with Gasteiger partial charge >= 0.3 is 0 Å². The summed E-state index contributed by atoms with van der Waals surface area (Å²) in [4.78, 5) is 10.8. The van der Waals surface area contributed by atoms with Crippen molar-refractivity contribution in [1.29, 1.82) is 0 Å². The van der Waals surface area contributed by atoms with Crippen molar-refractivity contribution in [3.63, 3.8) is 0 Å². The van der Waals surface area contributed by atoms with Crippen molar-refractivity contribution in [2.75, 3.05) is 5.32 Å². The highest BCUT2D eigenvalue weighted by Crippen LogP contribution is 2.19. The molecule has 0 saturated carbocycles. The van der Waals surface area contributed by atoms with E-state index in [9.17, 15) is 4.79 Å². The van der Waals surface area contributed by atoms with E-state index in [1.54, 1.807) is 6.07 Å². The second-order valence-electron chi connectivity index (χ2n) is 3.70. The molecule has 2 nitrogen and oxygen atoms in total. The molecule has 0 unspecified atom stereocenters. The maximum Gasteiger partial charge on any atom is 0.152 e. The van der Waals surface area contributed by atoms with Gasteiger partial charge in [-0.3, -0.25) is 4.79 Å². The lowest BCUT2D eigenvalue weighted by Crippen LogP contribution is -1.94. The summed E-state index contributed by atoms with van der Waals surface area (Å²) >= 11 is 0. The van der Waals surface area contributed by atoms with E-state index in [4.69, 9.17) is 0 Å². The van der Waals surface area contributed by atoms with Crippen molar-refractivity contribution in [3.05, 3.63) is 59.7 Å². The van der Waals surface area contributed by atoms with Gasteiger partial charge in [0.05, 0.1) is 0 Å². The van der Waals surface area contributed by atoms with Crippen molar-refractivity contribution in [2.24, 2.45) is 0 Å². The number of rotatable bonds is 3. The van der Waals surface area contributed by atoms with Gasteiger partial charge in [0.15, 0.2) is 6.29 Å². The Morgan fingerprint density at radius 1 is 1.00 bits per heavy atom. The first-order valence-electron chi connectivity index (χ1n) is 5.17. The Labute approximate surface area is 94.9 Å². The molecule has 0 aliphatic rings. The minimum absolute atomic E-state index is 0.670. The molecule has 0 fully saturated rings. The molecule has 0 spiro atoms. The topological polar surface area (TPSA) is 29.1 Å². The highest BCUT2D eigenvalue weighted by atomic mass is 16.1. The number of anilines is 2. The lowest BCUT2D eigenvalue weighted by Gasteiger charge is -2.08. The molecule has 16 heavy (non-hydrogen) atoms. The summed E-state index contributed by atoms with van der Waals surface area (Å²) in [7, 11) is 0. The smallest absolute Gasteiger partial charge is 0.152 e. The second kappa shape index (κ2) is 4.62. The fraction of sp³-hybridized carbons (Fsp3) is 0.0714. The molecule has 0 saturated heterocycles. The van der Waals surface area contributed by atoms with Crippen LogP contribution in [0.15, 0.2) is 48.5 Å². The normalized spacial score (nSPS) is 9.81. The molecule has 1 N–H and O–H groups in total. The molecule has 80 valence electrons. The van der Waals surface area contributed by atoms with Crippen molar-refractivity contribution in [3.8, 4) is 0 Å². The van der Waals surface area contributed by atoms with Crippen LogP contribution >= 0.6 is 0 Å². The molecule has 0 bridgehead atoms. The largest absolute Gasteiger partial charge is 0.355 e. The maximum atomic E-state index is 10.8. The fourth-order valence-corrected chi connectivity index (χ4v) is 1.51. The van der Waals surface area contributed by atoms with Crippen LogP contribution in [-0.4, -0.2) is 6.29 Å². The van der Waals surface area contributed by atoms with Gasteiger partial charge in [-0.15, -0.1) is 0 Å². The molecule has 2 aromatic rings. The molecule has 0 aliphatic heterocycles. The second-order valence-corrected chi connectivity index (χ2v) is 3.70. The van der Waals surface area contributed by atoms with Gasteiger partial charge in [0, 0.05) is 16.9 Å². The summed E-state index contributed by atoms with van der Waals surface area (Å²) in [6, 6.07) is 15.5. The number of benzene rings is 2. The summed E-state index contributed by atoms with van der Waals surface area (Å²) < 4.78 is 0. The van der Waals surface area contributed by atoms with Gasteiger partial charge in [0.1, 0.15) is 0 Å². The van der Waals surface area contributed by atoms with Crippen LogP contribution in [0.25, 0.3) is 0 Å². The monoisotopic (exact) mass is 211 g/mol. The Hall–Kier alpha value is -2.09. The maximum absolute atomic E-state index is 10.8. The van der Waals surface area contributed by atoms with E-state index in [0.717, 1.165) is 17.7 Å². The average Bonchev–Trinajstić information content (AvgIpc) is 2.33. The Kier molecular flexibility index (Phi) is 3.01. The van der Waals surface area contributed by atoms with Gasteiger partial charge in [0.2, 0.25) is 0 Å². The number of carbonyl (C=O) groups excluding carboxylic acids is 1. The first-order chi connectivity index (χ1) is 7.79. The Morgan fingerprint density at radius 3 is 2.38 bits per heavy atom. The van der Waals surface area contributed by atoms with Gasteiger partial charge in [-0.05, 0) is 31.2 Å². The highest BCUT2D eigenvalue weighted by Gasteiger charge is 1.99. The number of hydrogen-bond donors (Lipinski definition) is 1. The average molecular weight is 211 g/mol. The minimum Gasteiger partial charge on any atom is -0.355 e. The molecule has 0 aliphatic carbocycles. The summed E-state index contributed by atoms with van der Waals surface area (Å²) in [6.45, 7) is 2.04. The van der Waals surface area contributed by atoms with Gasteiger partial charge in [-0.1, -0.05) is 29.8 Å². The third-order valence-corrected chi connectivity index (χ3v) is 2.42. The zero-order valence-corrected chi connectivity index (χ0v) is 9.10. The van der Waals surface area contributed by atoms with E-state index in [1.807, 2.05) is 49.4 Å². The van der Waals surface area contributed by atoms with E-state index in [1.165, 1.54) is 5.56 Å². The third kappa shape index (κ3) is 2.28. The van der Waals surface area contributed by atoms with E-state index < -0.39 is 0 Å². The van der Waals surface area contributed by atoms with Crippen LogP contribution in [0.4, 0.5) is 11.4 Å². The summed E-state index contributed by atoms with van der Waals surface area (Å²) in [5, 5.41) is 3.22. The Bertz CT molecular complexity index is 488. The zero-order valence-electron chi connectivity index (χ0n) is 9.10. The van der Waals surface area contributed by atoms with E-state index >= 15 is 0 Å². The van der Waals surface area contributed by atoms with Crippen LogP contribution < -0.4 is 5.32 Å². The van der Waals surface area contributed by atoms with Gasteiger partial charge < -0.3 is 5.32 Å². The molecule has 0 atom stereocenters. The van der Waals surface area contributed by atoms with Crippen molar-refractivity contribution < 1.29 is 4.79 Å². The van der Waals surface area contributed by atoms with E-state index in [2.05, 4.69) is 5.32 Å². The van der Waals surface area contributed by atoms with Crippen LogP contribution in [0, 0.1) is 6.92 Å². The number of para-hydroxylation sites is 1. The minimum atomic E-state index is 0.670. The molecular weight excluding hydrogens is 198 g/mol. The number of aryl methyl sites for hydroxylation is 1. The standard InChI is InChI=1S/C14H13NO/c1-11-6-8-13(9-7-11)15-14-5-3-2-4-12(14)10-16/h2-10,15H,1H3. The number of carbonyl (C=O) groups is 1. The van der Waals surface area contributed by atoms with Crippen LogP contribution in [0.2, 0.25) is 0 Å². The zero-order chi connectivity index (χ0) is 11.4. The van der Waals surface area contributed by atoms with Crippen molar-refractivity contribution in [2.45, 2.75) is 6.92 Å². The molecule has 0 aromatic heterocycles. The molecule has 2 aromatic carbocycles. The Balaban J connectivity index is 2.26. The SMILES string of the molecule is Cc1ccc(Nc2ccccc2C=O)cc1. The number of nitrogens with one attached hydrogen (secondary N) is 1. The summed E-state index contributed by atoms with van der Waals surface area (Å²) in [5.41, 5.74) is 3.71. The Morgan fingerprint density at radius 2 is 1.69 bits per heavy atom. The van der Waals surface area contributed by atoms with Crippen molar-refractivity contribution >= 4 is 17.7 Å². The highest BCUT2D eigenvalue weighted by molar-refractivity contribution is 5.85. The first-order valence-corrected chi connectivity index (χ1v) is 5.17. The summed E-state index contributed by atoms with van der Waals surface area (Å²) in [6.07, 6.45) is 0.858. The molecule has 0 radical (unpaired) electrons. The summed E-state index contributed by atoms with van der Waals surface area (Å²) in [5.74, 6) is 0. The first kappa shape index (κ1) is 10.4. The number of hydrogen-bond acceptors (Lipinski definition) is 2. The van der Waals surface area contributed by atoms with Crippen molar-refractivity contribution in [1.82, 2.24) is 0 Å². The van der Waals surface area contributed by atoms with E-state index in [0.29, 0.717) is 5.56 Å². The molecule has 0 heterocycles. The van der Waals surface area contributed by atoms with Crippen LogP contribution in [0.1, 0.15) is 15.9 Å². The lowest BCUT2D eigenvalue weighted by atomic mass is 10.1. The predicted molar refractivity (Wildman–Crippen MR) is 66.3 cm³/mol. The molecule has 2 rings (SSSR count). The number of aldehydes is 1. The van der Waals surface area contributed by atoms with E-state index in [-0.39, 0.29) is 0 Å². The molecular formula is C14H13NO. The fourth-order valence-electron chi connectivity index (χ4n) is 1.51. The van der Waals surface area contributed by atoms with Crippen LogP contribution in [0.3, 0.4) is 0 Å².